The van der Waals surface area contributed by atoms with Crippen molar-refractivity contribution in [2.24, 2.45) is 0 Å². The summed E-state index contributed by atoms with van der Waals surface area (Å²) < 4.78 is 6.50. The van der Waals surface area contributed by atoms with Crippen molar-refractivity contribution in [3.63, 3.8) is 0 Å². The topological polar surface area (TPSA) is 104 Å². The maximum atomic E-state index is 11.2. The number of carboxylic acid groups (broad SMARTS) is 2. The van der Waals surface area contributed by atoms with Crippen molar-refractivity contribution in [3.8, 4) is 5.75 Å². The zero-order valence-electron chi connectivity index (χ0n) is 23.1. The second kappa shape index (κ2) is 19.6. The van der Waals surface area contributed by atoms with E-state index in [1.54, 1.807) is 0 Å². The molecule has 2 unspecified atom stereocenters. The van der Waals surface area contributed by atoms with Gasteiger partial charge in [0.2, 0.25) is 0 Å². The van der Waals surface area contributed by atoms with Gasteiger partial charge >= 0.3 is 11.9 Å². The standard InChI is InChI=1S/C30H48O6S2/c1-2-3-4-5-6-7-8-9-12-19-36-29-24(23-14-10-11-15-23)16-13-17-25(29)30(38-20-18-27(32)33)26(31)21-37-22-28(34)35/h13,16-17,23,26,30-31H,2-12,14-15,18-22H2,1H3,(H,32,33)(H,34,35). The van der Waals surface area contributed by atoms with E-state index in [1.165, 1.54) is 86.9 Å². The van der Waals surface area contributed by atoms with Crippen molar-refractivity contribution in [3.05, 3.63) is 29.3 Å². The molecule has 216 valence electrons. The van der Waals surface area contributed by atoms with E-state index in [1.807, 2.05) is 12.1 Å². The minimum atomic E-state index is -0.912. The van der Waals surface area contributed by atoms with Gasteiger partial charge in [-0.2, -0.15) is 11.8 Å². The van der Waals surface area contributed by atoms with Crippen LogP contribution in [0.25, 0.3) is 0 Å². The summed E-state index contributed by atoms with van der Waals surface area (Å²) in [5.41, 5.74) is 2.11. The van der Waals surface area contributed by atoms with Gasteiger partial charge < -0.3 is 20.1 Å². The van der Waals surface area contributed by atoms with Gasteiger partial charge in [-0.15, -0.1) is 11.8 Å². The number of aliphatic carboxylic acids is 2. The number of ether oxygens (including phenoxy) is 1. The lowest BCUT2D eigenvalue weighted by molar-refractivity contribution is -0.136. The SMILES string of the molecule is CCCCCCCCCCCOc1c(C2CCCC2)cccc1C(SCCC(=O)O)C(O)CSCC(=O)O. The van der Waals surface area contributed by atoms with Crippen LogP contribution in [0.1, 0.15) is 119 Å². The summed E-state index contributed by atoms with van der Waals surface area (Å²) in [5, 5.41) is 28.9. The average molecular weight is 569 g/mol. The maximum Gasteiger partial charge on any atom is 0.313 e. The molecule has 0 heterocycles. The molecule has 1 fully saturated rings. The molecule has 1 aliphatic rings. The summed E-state index contributed by atoms with van der Waals surface area (Å²) in [6.07, 6.45) is 15.1. The van der Waals surface area contributed by atoms with Gasteiger partial charge in [0, 0.05) is 17.1 Å². The van der Waals surface area contributed by atoms with Crippen LogP contribution < -0.4 is 4.74 Å². The Morgan fingerprint density at radius 2 is 1.63 bits per heavy atom. The van der Waals surface area contributed by atoms with Crippen LogP contribution in [-0.2, 0) is 9.59 Å². The molecule has 0 spiro atoms. The van der Waals surface area contributed by atoms with Gasteiger partial charge in [-0.25, -0.2) is 0 Å². The van der Waals surface area contributed by atoms with Crippen molar-refractivity contribution in [1.82, 2.24) is 0 Å². The third-order valence-electron chi connectivity index (χ3n) is 7.15. The van der Waals surface area contributed by atoms with Crippen LogP contribution in [0.5, 0.6) is 5.75 Å². The zero-order chi connectivity index (χ0) is 27.6. The molecule has 1 aliphatic carbocycles. The highest BCUT2D eigenvalue weighted by Gasteiger charge is 2.29. The van der Waals surface area contributed by atoms with Gasteiger partial charge in [-0.1, -0.05) is 89.3 Å². The Balaban J connectivity index is 2.10. The molecular weight excluding hydrogens is 520 g/mol. The van der Waals surface area contributed by atoms with Crippen molar-refractivity contribution < 1.29 is 29.6 Å². The number of carbonyl (C=O) groups is 2. The molecule has 0 bridgehead atoms. The Labute approximate surface area is 237 Å². The van der Waals surface area contributed by atoms with E-state index in [4.69, 9.17) is 14.9 Å². The molecule has 2 rings (SSSR count). The Kier molecular flexibility index (Phi) is 17.0. The van der Waals surface area contributed by atoms with E-state index in [-0.39, 0.29) is 23.2 Å². The van der Waals surface area contributed by atoms with E-state index in [0.717, 1.165) is 37.0 Å². The van der Waals surface area contributed by atoms with E-state index in [9.17, 15) is 14.7 Å². The van der Waals surface area contributed by atoms with E-state index in [2.05, 4.69) is 13.0 Å². The van der Waals surface area contributed by atoms with Crippen LogP contribution in [0.4, 0.5) is 0 Å². The maximum absolute atomic E-state index is 11.2. The van der Waals surface area contributed by atoms with Gasteiger partial charge in [0.25, 0.3) is 0 Å². The third kappa shape index (κ3) is 12.6. The van der Waals surface area contributed by atoms with Crippen LogP contribution >= 0.6 is 23.5 Å². The van der Waals surface area contributed by atoms with Crippen molar-refractivity contribution in [2.45, 2.75) is 114 Å². The van der Waals surface area contributed by atoms with Crippen molar-refractivity contribution >= 4 is 35.5 Å². The summed E-state index contributed by atoms with van der Waals surface area (Å²) in [4.78, 5) is 22.2. The fourth-order valence-corrected chi connectivity index (χ4v) is 7.22. The molecule has 8 heteroatoms. The highest BCUT2D eigenvalue weighted by atomic mass is 32.2. The Bertz CT molecular complexity index is 812. The van der Waals surface area contributed by atoms with Crippen molar-refractivity contribution in [2.75, 3.05) is 23.9 Å². The zero-order valence-corrected chi connectivity index (χ0v) is 24.7. The van der Waals surface area contributed by atoms with Gasteiger partial charge in [0.15, 0.2) is 0 Å². The molecule has 1 aromatic carbocycles. The number of benzene rings is 1. The van der Waals surface area contributed by atoms with Gasteiger partial charge in [-0.05, 0) is 30.7 Å². The van der Waals surface area contributed by atoms with Crippen LogP contribution in [-0.4, -0.2) is 57.2 Å². The number of aliphatic hydroxyl groups is 1. The Hall–Kier alpha value is -1.38. The van der Waals surface area contributed by atoms with Gasteiger partial charge in [0.1, 0.15) is 5.75 Å². The van der Waals surface area contributed by atoms with Gasteiger partial charge in [-0.3, -0.25) is 9.59 Å². The second-order valence-electron chi connectivity index (χ2n) is 10.3. The fourth-order valence-electron chi connectivity index (χ4n) is 5.15. The number of thioether (sulfide) groups is 2. The summed E-state index contributed by atoms with van der Waals surface area (Å²) in [6.45, 7) is 2.87. The first-order chi connectivity index (χ1) is 18.4. The fraction of sp³-hybridized carbons (Fsp3) is 0.733. The first-order valence-electron chi connectivity index (χ1n) is 14.5. The molecule has 38 heavy (non-hydrogen) atoms. The van der Waals surface area contributed by atoms with Crippen LogP contribution in [0.15, 0.2) is 18.2 Å². The quantitative estimate of drug-likeness (QED) is 0.122. The number of rotatable bonds is 22. The van der Waals surface area contributed by atoms with Crippen LogP contribution in [0.3, 0.4) is 0 Å². The number of hydrogen-bond acceptors (Lipinski definition) is 6. The predicted molar refractivity (Wildman–Crippen MR) is 159 cm³/mol. The largest absolute Gasteiger partial charge is 0.493 e. The Morgan fingerprint density at radius 3 is 2.26 bits per heavy atom. The molecule has 1 saturated carbocycles. The molecule has 1 aromatic rings. The smallest absolute Gasteiger partial charge is 0.313 e. The number of aliphatic hydroxyl groups excluding tert-OH is 1. The van der Waals surface area contributed by atoms with E-state index >= 15 is 0 Å². The monoisotopic (exact) mass is 568 g/mol. The molecule has 0 saturated heterocycles. The predicted octanol–water partition coefficient (Wildman–Crippen LogP) is 7.68. The highest BCUT2D eigenvalue weighted by Crippen LogP contribution is 2.45. The minimum absolute atomic E-state index is 0.00705. The average Bonchev–Trinajstić information content (AvgIpc) is 3.42. The minimum Gasteiger partial charge on any atom is -0.493 e. The van der Waals surface area contributed by atoms with Gasteiger partial charge in [0.05, 0.1) is 30.1 Å². The third-order valence-corrected chi connectivity index (χ3v) is 9.54. The van der Waals surface area contributed by atoms with E-state index in [0.29, 0.717) is 18.3 Å². The molecule has 3 N–H and O–H groups in total. The Morgan fingerprint density at radius 1 is 0.974 bits per heavy atom. The first-order valence-corrected chi connectivity index (χ1v) is 16.7. The normalized spacial score (nSPS) is 15.4. The number of para-hydroxylation sites is 1. The number of unbranched alkanes of at least 4 members (excludes halogenated alkanes) is 8. The molecule has 0 radical (unpaired) electrons. The molecule has 0 aromatic heterocycles. The molecule has 0 aliphatic heterocycles. The summed E-state index contributed by atoms with van der Waals surface area (Å²) in [7, 11) is 0. The molecule has 6 nitrogen and oxygen atoms in total. The molecule has 0 amide bonds. The lowest BCUT2D eigenvalue weighted by Crippen LogP contribution is -2.22. The van der Waals surface area contributed by atoms with Crippen LogP contribution in [0.2, 0.25) is 0 Å². The first kappa shape index (κ1) is 32.8. The van der Waals surface area contributed by atoms with Crippen LogP contribution in [0, 0.1) is 0 Å². The summed E-state index contributed by atoms with van der Waals surface area (Å²) >= 11 is 2.60. The summed E-state index contributed by atoms with van der Waals surface area (Å²) in [5.74, 6) is 0.0746. The highest BCUT2D eigenvalue weighted by molar-refractivity contribution is 8.00. The number of carboxylic acids is 2. The molecule has 2 atom stereocenters. The van der Waals surface area contributed by atoms with E-state index < -0.39 is 18.0 Å². The lowest BCUT2D eigenvalue weighted by Gasteiger charge is -2.27. The van der Waals surface area contributed by atoms with Crippen molar-refractivity contribution in [1.29, 1.82) is 0 Å². The molecular formula is C30H48O6S2. The summed E-state index contributed by atoms with van der Waals surface area (Å²) in [6, 6.07) is 6.17. The second-order valence-corrected chi connectivity index (χ2v) is 12.6. The number of hydrogen-bond donors (Lipinski definition) is 3. The lowest BCUT2D eigenvalue weighted by atomic mass is 9.93.